The number of hydrogen-bond donors (Lipinski definition) is 3. The molecule has 3 aromatic rings. The predicted molar refractivity (Wildman–Crippen MR) is 123 cm³/mol. The molecule has 32 heavy (non-hydrogen) atoms. The first kappa shape index (κ1) is 22.6. The number of ether oxygens (including phenoxy) is 1. The molecule has 0 aliphatic rings. The smallest absolute Gasteiger partial charge is 0.251 e. The number of amides is 3. The molecule has 0 radical (unpaired) electrons. The highest BCUT2D eigenvalue weighted by molar-refractivity contribution is 5.96. The quantitative estimate of drug-likeness (QED) is 0.454. The summed E-state index contributed by atoms with van der Waals surface area (Å²) < 4.78 is 5.11. The van der Waals surface area contributed by atoms with E-state index in [9.17, 15) is 14.4 Å². The number of benzene rings is 3. The fraction of sp³-hybridized carbons (Fsp3) is 0.160. The Kier molecular flexibility index (Phi) is 7.97. The molecule has 0 saturated heterocycles. The highest BCUT2D eigenvalue weighted by atomic mass is 16.5. The summed E-state index contributed by atoms with van der Waals surface area (Å²) in [6.07, 6.45) is 0.237. The third-order valence-corrected chi connectivity index (χ3v) is 4.69. The van der Waals surface area contributed by atoms with E-state index in [-0.39, 0.29) is 24.1 Å². The van der Waals surface area contributed by atoms with Crippen molar-refractivity contribution >= 4 is 23.4 Å². The van der Waals surface area contributed by atoms with Gasteiger partial charge in [-0.2, -0.15) is 0 Å². The van der Waals surface area contributed by atoms with Gasteiger partial charge >= 0.3 is 0 Å². The predicted octanol–water partition coefficient (Wildman–Crippen LogP) is 3.04. The number of carbonyl (C=O) groups is 3. The lowest BCUT2D eigenvalue weighted by Gasteiger charge is -2.09. The second kappa shape index (κ2) is 11.3. The lowest BCUT2D eigenvalue weighted by Crippen LogP contribution is -2.34. The zero-order valence-corrected chi connectivity index (χ0v) is 17.8. The van der Waals surface area contributed by atoms with Gasteiger partial charge in [-0.3, -0.25) is 14.4 Å². The van der Waals surface area contributed by atoms with E-state index < -0.39 is 0 Å². The van der Waals surface area contributed by atoms with Crippen molar-refractivity contribution < 1.29 is 19.1 Å². The molecule has 0 atom stereocenters. The lowest BCUT2D eigenvalue weighted by molar-refractivity contribution is -0.115. The van der Waals surface area contributed by atoms with E-state index in [0.29, 0.717) is 29.9 Å². The van der Waals surface area contributed by atoms with Gasteiger partial charge in [0.05, 0.1) is 13.5 Å². The summed E-state index contributed by atoms with van der Waals surface area (Å²) in [6.45, 7) is 0.622. The molecule has 7 heteroatoms. The SMILES string of the molecule is COc1ccc(CC(=O)Nc2ccc(C(=O)NCCNC(=O)c3ccccc3)cc2)cc1. The average molecular weight is 431 g/mol. The summed E-state index contributed by atoms with van der Waals surface area (Å²) in [4.78, 5) is 36.5. The molecule has 0 aromatic heterocycles. The first-order valence-corrected chi connectivity index (χ1v) is 10.2. The minimum Gasteiger partial charge on any atom is -0.497 e. The molecular weight excluding hydrogens is 406 g/mol. The molecule has 0 aliphatic carbocycles. The molecule has 164 valence electrons. The molecule has 3 amide bonds. The standard InChI is InChI=1S/C25H25N3O4/c1-32-22-13-7-18(8-14-22)17-23(29)28-21-11-9-20(10-12-21)25(31)27-16-15-26-24(30)19-5-3-2-4-6-19/h2-14H,15-17H2,1H3,(H,26,30)(H,27,31)(H,28,29). The molecule has 0 aliphatic heterocycles. The fourth-order valence-electron chi connectivity index (χ4n) is 2.98. The van der Waals surface area contributed by atoms with Crippen LogP contribution < -0.4 is 20.7 Å². The van der Waals surface area contributed by atoms with Gasteiger partial charge in [-0.1, -0.05) is 30.3 Å². The van der Waals surface area contributed by atoms with Gasteiger partial charge in [-0.05, 0) is 54.1 Å². The van der Waals surface area contributed by atoms with Crippen LogP contribution in [0.3, 0.4) is 0 Å². The molecule has 0 bridgehead atoms. The molecule has 0 heterocycles. The Hall–Kier alpha value is -4.13. The maximum atomic E-state index is 12.3. The maximum absolute atomic E-state index is 12.3. The van der Waals surface area contributed by atoms with Crippen molar-refractivity contribution in [1.29, 1.82) is 0 Å². The lowest BCUT2D eigenvalue weighted by atomic mass is 10.1. The summed E-state index contributed by atoms with van der Waals surface area (Å²) >= 11 is 0. The van der Waals surface area contributed by atoms with Crippen molar-refractivity contribution in [3.8, 4) is 5.75 Å². The second-order valence-electron chi connectivity index (χ2n) is 7.03. The third-order valence-electron chi connectivity index (χ3n) is 4.69. The number of anilines is 1. The van der Waals surface area contributed by atoms with Gasteiger partial charge in [0.15, 0.2) is 0 Å². The van der Waals surface area contributed by atoms with Gasteiger partial charge in [-0.25, -0.2) is 0 Å². The van der Waals surface area contributed by atoms with Crippen LogP contribution in [0.5, 0.6) is 5.75 Å². The van der Waals surface area contributed by atoms with E-state index in [0.717, 1.165) is 11.3 Å². The van der Waals surface area contributed by atoms with Crippen molar-refractivity contribution in [2.75, 3.05) is 25.5 Å². The fourth-order valence-corrected chi connectivity index (χ4v) is 2.98. The Labute approximate surface area is 186 Å². The Morgan fingerprint density at radius 1 is 0.719 bits per heavy atom. The van der Waals surface area contributed by atoms with Crippen LogP contribution in [0.2, 0.25) is 0 Å². The minimum atomic E-state index is -0.255. The topological polar surface area (TPSA) is 96.5 Å². The maximum Gasteiger partial charge on any atom is 0.251 e. The van der Waals surface area contributed by atoms with Crippen molar-refractivity contribution in [2.24, 2.45) is 0 Å². The van der Waals surface area contributed by atoms with E-state index in [1.165, 1.54) is 0 Å². The summed E-state index contributed by atoms with van der Waals surface area (Å²) in [5.41, 5.74) is 2.52. The van der Waals surface area contributed by atoms with E-state index in [2.05, 4.69) is 16.0 Å². The van der Waals surface area contributed by atoms with E-state index >= 15 is 0 Å². The zero-order chi connectivity index (χ0) is 22.8. The molecular formula is C25H25N3O4. The monoisotopic (exact) mass is 431 g/mol. The van der Waals surface area contributed by atoms with Crippen LogP contribution in [0.15, 0.2) is 78.9 Å². The number of methoxy groups -OCH3 is 1. The van der Waals surface area contributed by atoms with Gasteiger partial charge in [0.2, 0.25) is 5.91 Å². The molecule has 7 nitrogen and oxygen atoms in total. The summed E-state index contributed by atoms with van der Waals surface area (Å²) in [6, 6.07) is 22.8. The Morgan fingerprint density at radius 2 is 1.28 bits per heavy atom. The number of rotatable bonds is 9. The number of nitrogens with one attached hydrogen (secondary N) is 3. The van der Waals surface area contributed by atoms with Crippen molar-refractivity contribution in [3.05, 3.63) is 95.6 Å². The van der Waals surface area contributed by atoms with Crippen LogP contribution in [-0.2, 0) is 11.2 Å². The molecule has 0 saturated carbocycles. The first-order valence-electron chi connectivity index (χ1n) is 10.2. The van der Waals surface area contributed by atoms with Crippen LogP contribution in [0.1, 0.15) is 26.3 Å². The Morgan fingerprint density at radius 3 is 1.84 bits per heavy atom. The van der Waals surface area contributed by atoms with E-state index in [1.807, 2.05) is 30.3 Å². The van der Waals surface area contributed by atoms with Crippen LogP contribution in [0, 0.1) is 0 Å². The van der Waals surface area contributed by atoms with Crippen molar-refractivity contribution in [3.63, 3.8) is 0 Å². The minimum absolute atomic E-state index is 0.151. The summed E-state index contributed by atoms with van der Waals surface area (Å²) in [7, 11) is 1.59. The van der Waals surface area contributed by atoms with Crippen molar-refractivity contribution in [1.82, 2.24) is 10.6 Å². The Bertz CT molecular complexity index is 1050. The van der Waals surface area contributed by atoms with Crippen LogP contribution in [-0.4, -0.2) is 37.9 Å². The number of hydrogen-bond acceptors (Lipinski definition) is 4. The van der Waals surface area contributed by atoms with Crippen LogP contribution in [0.25, 0.3) is 0 Å². The second-order valence-corrected chi connectivity index (χ2v) is 7.03. The molecule has 3 N–H and O–H groups in total. The van der Waals surface area contributed by atoms with E-state index in [1.54, 1.807) is 55.6 Å². The summed E-state index contributed by atoms with van der Waals surface area (Å²) in [5, 5.41) is 8.33. The third kappa shape index (κ3) is 6.70. The van der Waals surface area contributed by atoms with Crippen LogP contribution >= 0.6 is 0 Å². The summed E-state index contributed by atoms with van der Waals surface area (Å²) in [5.74, 6) is 0.146. The highest BCUT2D eigenvalue weighted by Crippen LogP contribution is 2.13. The van der Waals surface area contributed by atoms with Gasteiger partial charge in [-0.15, -0.1) is 0 Å². The molecule has 3 rings (SSSR count). The molecule has 0 unspecified atom stereocenters. The van der Waals surface area contributed by atoms with Crippen molar-refractivity contribution in [2.45, 2.75) is 6.42 Å². The molecule has 0 spiro atoms. The highest BCUT2D eigenvalue weighted by Gasteiger charge is 2.08. The van der Waals surface area contributed by atoms with Gasteiger partial charge < -0.3 is 20.7 Å². The van der Waals surface area contributed by atoms with Gasteiger partial charge in [0.25, 0.3) is 11.8 Å². The zero-order valence-electron chi connectivity index (χ0n) is 17.8. The van der Waals surface area contributed by atoms with Gasteiger partial charge in [0, 0.05) is 29.9 Å². The van der Waals surface area contributed by atoms with E-state index in [4.69, 9.17) is 4.74 Å². The average Bonchev–Trinajstić information content (AvgIpc) is 2.83. The van der Waals surface area contributed by atoms with Gasteiger partial charge in [0.1, 0.15) is 5.75 Å². The Balaban J connectivity index is 1.41. The number of carbonyl (C=O) groups excluding carboxylic acids is 3. The molecule has 0 fully saturated rings. The molecule has 3 aromatic carbocycles. The normalized spacial score (nSPS) is 10.2. The van der Waals surface area contributed by atoms with Crippen LogP contribution in [0.4, 0.5) is 5.69 Å². The largest absolute Gasteiger partial charge is 0.497 e. The first-order chi connectivity index (χ1) is 15.5.